The lowest BCUT2D eigenvalue weighted by atomic mass is 10.1. The zero-order chi connectivity index (χ0) is 22.1. The summed E-state index contributed by atoms with van der Waals surface area (Å²) in [6.45, 7) is 0.709. The maximum Gasteiger partial charge on any atom is 0.319 e. The number of amides is 2. The zero-order valence-corrected chi connectivity index (χ0v) is 17.7. The third-order valence-corrected chi connectivity index (χ3v) is 4.82. The van der Waals surface area contributed by atoms with Crippen molar-refractivity contribution in [1.82, 2.24) is 10.2 Å². The number of carbonyl (C=O) groups excluding carboxylic acids is 1. The molecule has 3 rings (SSSR count). The van der Waals surface area contributed by atoms with Gasteiger partial charge in [0.1, 0.15) is 18.1 Å². The predicted molar refractivity (Wildman–Crippen MR) is 119 cm³/mol. The first-order valence-electron chi connectivity index (χ1n) is 9.98. The highest BCUT2D eigenvalue weighted by Gasteiger charge is 2.18. The van der Waals surface area contributed by atoms with E-state index >= 15 is 0 Å². The van der Waals surface area contributed by atoms with Crippen molar-refractivity contribution in [3.8, 4) is 11.8 Å². The highest BCUT2D eigenvalue weighted by atomic mass is 16.5. The van der Waals surface area contributed by atoms with Crippen LogP contribution in [0.25, 0.3) is 0 Å². The fraction of sp³-hybridized carbons (Fsp3) is 0.250. The molecule has 0 saturated carbocycles. The van der Waals surface area contributed by atoms with Gasteiger partial charge in [0.25, 0.3) is 0 Å². The fourth-order valence-electron chi connectivity index (χ4n) is 3.10. The number of hydrogen-bond acceptors (Lipinski definition) is 5. The molecule has 2 aromatic carbocycles. The Morgan fingerprint density at radius 2 is 1.90 bits per heavy atom. The summed E-state index contributed by atoms with van der Waals surface area (Å²) < 4.78 is 11.3. The molecule has 7 nitrogen and oxygen atoms in total. The van der Waals surface area contributed by atoms with Gasteiger partial charge < -0.3 is 19.8 Å². The highest BCUT2D eigenvalue weighted by Crippen LogP contribution is 2.20. The Kier molecular flexibility index (Phi) is 7.68. The second-order valence-corrected chi connectivity index (χ2v) is 7.25. The van der Waals surface area contributed by atoms with E-state index in [1.54, 1.807) is 6.26 Å². The number of nitriles is 1. The number of furan rings is 1. The maximum absolute atomic E-state index is 12.5. The second kappa shape index (κ2) is 10.9. The molecule has 3 aromatic rings. The van der Waals surface area contributed by atoms with Gasteiger partial charge in [-0.2, -0.15) is 5.26 Å². The molecule has 0 saturated heterocycles. The van der Waals surface area contributed by atoms with Crippen LogP contribution in [0, 0.1) is 11.3 Å². The molecule has 0 spiro atoms. The first kappa shape index (κ1) is 21.9. The minimum absolute atomic E-state index is 0.0664. The van der Waals surface area contributed by atoms with Crippen LogP contribution in [0.5, 0.6) is 5.75 Å². The molecule has 0 bridgehead atoms. The van der Waals surface area contributed by atoms with Gasteiger partial charge in [-0.25, -0.2) is 4.79 Å². The fourth-order valence-corrected chi connectivity index (χ4v) is 3.10. The average molecular weight is 418 g/mol. The van der Waals surface area contributed by atoms with Gasteiger partial charge in [0.2, 0.25) is 0 Å². The molecule has 0 aliphatic carbocycles. The van der Waals surface area contributed by atoms with Crippen molar-refractivity contribution in [2.45, 2.75) is 19.1 Å². The summed E-state index contributed by atoms with van der Waals surface area (Å²) in [5, 5.41) is 14.6. The predicted octanol–water partition coefficient (Wildman–Crippen LogP) is 4.35. The summed E-state index contributed by atoms with van der Waals surface area (Å²) in [6, 6.07) is 20.4. The molecular weight excluding hydrogens is 392 g/mol. The van der Waals surface area contributed by atoms with Gasteiger partial charge in [-0.3, -0.25) is 4.90 Å². The number of para-hydroxylation sites is 1. The summed E-state index contributed by atoms with van der Waals surface area (Å²) in [6.07, 6.45) is 2.00. The number of rotatable bonds is 9. The van der Waals surface area contributed by atoms with Crippen molar-refractivity contribution in [2.24, 2.45) is 0 Å². The summed E-state index contributed by atoms with van der Waals surface area (Å²) in [5.41, 5.74) is 2.48. The summed E-state index contributed by atoms with van der Waals surface area (Å²) in [5.74, 6) is 1.49. The van der Waals surface area contributed by atoms with E-state index in [0.29, 0.717) is 31.0 Å². The van der Waals surface area contributed by atoms with Gasteiger partial charge in [-0.05, 0) is 50.0 Å². The van der Waals surface area contributed by atoms with Crippen molar-refractivity contribution in [2.75, 3.05) is 26.0 Å². The van der Waals surface area contributed by atoms with Crippen LogP contribution >= 0.6 is 0 Å². The molecule has 2 amide bonds. The highest BCUT2D eigenvalue weighted by molar-refractivity contribution is 5.90. The minimum Gasteiger partial charge on any atom is -0.489 e. The Labute approximate surface area is 182 Å². The van der Waals surface area contributed by atoms with E-state index < -0.39 is 0 Å². The van der Waals surface area contributed by atoms with Crippen LogP contribution in [0.3, 0.4) is 0 Å². The molecule has 0 radical (unpaired) electrons. The van der Waals surface area contributed by atoms with Crippen LogP contribution in [0.15, 0.2) is 71.3 Å². The summed E-state index contributed by atoms with van der Waals surface area (Å²) in [4.78, 5) is 14.5. The SMILES string of the molecule is CN(C)C(CNC(=O)Nc1ccccc1COc1ccc(CC#N)cc1)c1ccco1. The smallest absolute Gasteiger partial charge is 0.319 e. The third-order valence-electron chi connectivity index (χ3n) is 4.82. The standard InChI is InChI=1S/C24H26N4O3/c1-28(2)22(23-8-5-15-30-23)16-26-24(29)27-21-7-4-3-6-19(21)17-31-20-11-9-18(10-12-20)13-14-25/h3-12,15,22H,13,16-17H2,1-2H3,(H2,26,27,29). The molecule has 1 unspecified atom stereocenters. The van der Waals surface area contributed by atoms with Gasteiger partial charge in [0.05, 0.1) is 24.8 Å². The lowest BCUT2D eigenvalue weighted by Gasteiger charge is -2.22. The van der Waals surface area contributed by atoms with E-state index in [0.717, 1.165) is 16.9 Å². The number of anilines is 1. The number of nitrogens with one attached hydrogen (secondary N) is 2. The van der Waals surface area contributed by atoms with E-state index in [-0.39, 0.29) is 12.1 Å². The first-order chi connectivity index (χ1) is 15.1. The van der Waals surface area contributed by atoms with E-state index in [4.69, 9.17) is 14.4 Å². The largest absolute Gasteiger partial charge is 0.489 e. The van der Waals surface area contributed by atoms with Crippen LogP contribution < -0.4 is 15.4 Å². The molecule has 160 valence electrons. The van der Waals surface area contributed by atoms with Crippen LogP contribution in [0.1, 0.15) is 22.9 Å². The monoisotopic (exact) mass is 418 g/mol. The summed E-state index contributed by atoms with van der Waals surface area (Å²) in [7, 11) is 3.87. The van der Waals surface area contributed by atoms with Crippen LogP contribution in [-0.4, -0.2) is 31.6 Å². The number of hydrogen-bond donors (Lipinski definition) is 2. The maximum atomic E-state index is 12.5. The Hall–Kier alpha value is -3.76. The van der Waals surface area contributed by atoms with Gasteiger partial charge in [0, 0.05) is 17.8 Å². The van der Waals surface area contributed by atoms with E-state index in [9.17, 15) is 4.79 Å². The number of carbonyl (C=O) groups is 1. The normalized spacial score (nSPS) is 11.5. The third kappa shape index (κ3) is 6.36. The second-order valence-electron chi connectivity index (χ2n) is 7.25. The Morgan fingerprint density at radius 3 is 2.58 bits per heavy atom. The quantitative estimate of drug-likeness (QED) is 0.539. The molecule has 31 heavy (non-hydrogen) atoms. The number of ether oxygens (including phenoxy) is 1. The molecular formula is C24H26N4O3. The first-order valence-corrected chi connectivity index (χ1v) is 9.98. The summed E-state index contributed by atoms with van der Waals surface area (Å²) >= 11 is 0. The van der Waals surface area contributed by atoms with Gasteiger partial charge in [-0.1, -0.05) is 30.3 Å². The van der Waals surface area contributed by atoms with Crippen molar-refractivity contribution in [3.63, 3.8) is 0 Å². The van der Waals surface area contributed by atoms with Crippen LogP contribution in [0.4, 0.5) is 10.5 Å². The Balaban J connectivity index is 1.57. The van der Waals surface area contributed by atoms with Gasteiger partial charge >= 0.3 is 6.03 Å². The number of benzene rings is 2. The molecule has 1 heterocycles. The van der Waals surface area contributed by atoms with Crippen molar-refractivity contribution in [3.05, 3.63) is 83.8 Å². The van der Waals surface area contributed by atoms with Crippen molar-refractivity contribution >= 4 is 11.7 Å². The Morgan fingerprint density at radius 1 is 1.13 bits per heavy atom. The van der Waals surface area contributed by atoms with Gasteiger partial charge in [-0.15, -0.1) is 0 Å². The van der Waals surface area contributed by atoms with E-state index in [1.807, 2.05) is 79.7 Å². The lowest BCUT2D eigenvalue weighted by molar-refractivity contribution is 0.233. The molecule has 1 atom stereocenters. The van der Waals surface area contributed by atoms with E-state index in [1.165, 1.54) is 0 Å². The molecule has 1 aromatic heterocycles. The van der Waals surface area contributed by atoms with Gasteiger partial charge in [0.15, 0.2) is 0 Å². The van der Waals surface area contributed by atoms with Crippen LogP contribution in [-0.2, 0) is 13.0 Å². The number of nitrogens with zero attached hydrogens (tertiary/aromatic N) is 2. The number of urea groups is 1. The molecule has 0 fully saturated rings. The molecule has 0 aliphatic rings. The lowest BCUT2D eigenvalue weighted by Crippen LogP contribution is -2.36. The average Bonchev–Trinajstić information content (AvgIpc) is 3.29. The van der Waals surface area contributed by atoms with Crippen LogP contribution in [0.2, 0.25) is 0 Å². The molecule has 2 N–H and O–H groups in total. The molecule has 0 aliphatic heterocycles. The Bertz CT molecular complexity index is 1010. The van der Waals surface area contributed by atoms with E-state index in [2.05, 4.69) is 16.7 Å². The minimum atomic E-state index is -0.299. The van der Waals surface area contributed by atoms with Crippen molar-refractivity contribution < 1.29 is 13.9 Å². The number of likely N-dealkylation sites (N-methyl/N-ethyl adjacent to an activating group) is 1. The molecule has 7 heteroatoms. The topological polar surface area (TPSA) is 90.5 Å². The zero-order valence-electron chi connectivity index (χ0n) is 17.7. The van der Waals surface area contributed by atoms with Crippen molar-refractivity contribution in [1.29, 1.82) is 5.26 Å².